The molecule has 3 rings (SSSR count). The van der Waals surface area contributed by atoms with Crippen LogP contribution in [0.5, 0.6) is 0 Å². The third kappa shape index (κ3) is 1.42. The van der Waals surface area contributed by atoms with E-state index in [9.17, 15) is 5.11 Å². The molecule has 0 aromatic carbocycles. The van der Waals surface area contributed by atoms with Crippen LogP contribution in [0.1, 0.15) is 65.7 Å². The fourth-order valence-electron chi connectivity index (χ4n) is 5.99. The number of fused-ring (bicyclic) bond motifs is 1. The van der Waals surface area contributed by atoms with Gasteiger partial charge in [-0.3, -0.25) is 0 Å². The van der Waals surface area contributed by atoms with Gasteiger partial charge in [0, 0.05) is 18.9 Å². The lowest BCUT2D eigenvalue weighted by Crippen LogP contribution is -2.55. The van der Waals surface area contributed by atoms with E-state index in [0.29, 0.717) is 11.3 Å². The van der Waals surface area contributed by atoms with Crippen LogP contribution in [0, 0.1) is 22.2 Å². The molecule has 3 fully saturated rings. The highest BCUT2D eigenvalue weighted by atomic mass is 16.6. The molecule has 2 heteroatoms. The zero-order valence-electron chi connectivity index (χ0n) is 12.4. The first kappa shape index (κ1) is 12.9. The van der Waals surface area contributed by atoms with Gasteiger partial charge in [0.25, 0.3) is 0 Å². The highest BCUT2D eigenvalue weighted by Gasteiger charge is 2.69. The van der Waals surface area contributed by atoms with Gasteiger partial charge < -0.3 is 9.84 Å². The summed E-state index contributed by atoms with van der Waals surface area (Å²) in [5, 5.41) is 11.1. The normalized spacial score (nSPS) is 54.2. The van der Waals surface area contributed by atoms with Crippen LogP contribution in [-0.2, 0) is 4.74 Å². The second-order valence-corrected chi connectivity index (χ2v) is 8.24. The smallest absolute Gasteiger partial charge is 0.171 e. The largest absolute Gasteiger partial charge is 0.365 e. The average molecular weight is 252 g/mol. The monoisotopic (exact) mass is 252 g/mol. The summed E-state index contributed by atoms with van der Waals surface area (Å²) < 4.78 is 5.68. The maximum Gasteiger partial charge on any atom is 0.171 e. The Hall–Kier alpha value is -0.0800. The fourth-order valence-corrected chi connectivity index (χ4v) is 5.99. The Bertz CT molecular complexity index is 364. The average Bonchev–Trinajstić information content (AvgIpc) is 2.42. The molecular weight excluding hydrogens is 224 g/mol. The van der Waals surface area contributed by atoms with Crippen molar-refractivity contribution in [2.75, 3.05) is 7.11 Å². The van der Waals surface area contributed by atoms with E-state index in [2.05, 4.69) is 20.8 Å². The highest BCUT2D eigenvalue weighted by Crippen LogP contribution is 2.72. The van der Waals surface area contributed by atoms with Gasteiger partial charge in [-0.05, 0) is 48.9 Å². The zero-order chi connectivity index (χ0) is 13.2. The molecule has 0 amide bonds. The van der Waals surface area contributed by atoms with E-state index in [0.717, 1.165) is 12.8 Å². The topological polar surface area (TPSA) is 29.5 Å². The van der Waals surface area contributed by atoms with Crippen molar-refractivity contribution >= 4 is 0 Å². The molecule has 0 radical (unpaired) electrons. The third-order valence-corrected chi connectivity index (χ3v) is 6.60. The van der Waals surface area contributed by atoms with E-state index in [1.807, 2.05) is 0 Å². The van der Waals surface area contributed by atoms with E-state index >= 15 is 0 Å². The molecule has 1 N–H and O–H groups in total. The molecule has 2 nitrogen and oxygen atoms in total. The number of rotatable bonds is 1. The van der Waals surface area contributed by atoms with Gasteiger partial charge in [0.15, 0.2) is 5.79 Å². The summed E-state index contributed by atoms with van der Waals surface area (Å²) in [6.07, 6.45) is 8.32. The van der Waals surface area contributed by atoms with Crippen LogP contribution in [-0.4, -0.2) is 18.0 Å². The lowest BCUT2D eigenvalue weighted by atomic mass is 9.49. The first-order chi connectivity index (χ1) is 8.27. The molecule has 1 spiro atoms. The minimum atomic E-state index is -0.886. The second kappa shape index (κ2) is 3.52. The van der Waals surface area contributed by atoms with Crippen molar-refractivity contribution in [3.8, 4) is 0 Å². The van der Waals surface area contributed by atoms with Gasteiger partial charge in [0.05, 0.1) is 0 Å². The van der Waals surface area contributed by atoms with E-state index in [-0.39, 0.29) is 10.8 Å². The van der Waals surface area contributed by atoms with Crippen LogP contribution in [0.25, 0.3) is 0 Å². The lowest BCUT2D eigenvalue weighted by Gasteiger charge is -2.57. The number of hydrogen-bond acceptors (Lipinski definition) is 2. The predicted octanol–water partition coefficient (Wildman–Crippen LogP) is 3.73. The molecule has 0 aliphatic heterocycles. The summed E-state index contributed by atoms with van der Waals surface area (Å²) in [4.78, 5) is 0. The Kier molecular flexibility index (Phi) is 2.53. The SMILES string of the molecule is COC1(O)CC(C)(C)[C@@H]2CC[C@@]3(C)CCC[C@]21C3. The molecule has 0 saturated heterocycles. The van der Waals surface area contributed by atoms with Crippen LogP contribution in [0.4, 0.5) is 0 Å². The maximum atomic E-state index is 11.1. The van der Waals surface area contributed by atoms with Gasteiger partial charge in [0.1, 0.15) is 0 Å². The summed E-state index contributed by atoms with van der Waals surface area (Å²) >= 11 is 0. The Labute approximate surface area is 111 Å². The Morgan fingerprint density at radius 1 is 1.06 bits per heavy atom. The Morgan fingerprint density at radius 3 is 2.44 bits per heavy atom. The molecule has 104 valence electrons. The minimum Gasteiger partial charge on any atom is -0.365 e. The van der Waals surface area contributed by atoms with Gasteiger partial charge in [-0.2, -0.15) is 0 Å². The van der Waals surface area contributed by atoms with Crippen molar-refractivity contribution in [3.05, 3.63) is 0 Å². The molecule has 3 aliphatic rings. The van der Waals surface area contributed by atoms with Crippen molar-refractivity contribution in [3.63, 3.8) is 0 Å². The summed E-state index contributed by atoms with van der Waals surface area (Å²) in [6, 6.07) is 0. The molecule has 0 aromatic rings. The van der Waals surface area contributed by atoms with Gasteiger partial charge >= 0.3 is 0 Å². The van der Waals surface area contributed by atoms with Crippen LogP contribution >= 0.6 is 0 Å². The van der Waals surface area contributed by atoms with E-state index < -0.39 is 5.79 Å². The molecule has 2 bridgehead atoms. The molecule has 1 unspecified atom stereocenters. The molecule has 0 heterocycles. The van der Waals surface area contributed by atoms with Crippen molar-refractivity contribution in [1.82, 2.24) is 0 Å². The first-order valence-electron chi connectivity index (χ1n) is 7.55. The van der Waals surface area contributed by atoms with E-state index in [1.54, 1.807) is 7.11 Å². The maximum absolute atomic E-state index is 11.1. The molecule has 18 heavy (non-hydrogen) atoms. The van der Waals surface area contributed by atoms with Gasteiger partial charge in [-0.25, -0.2) is 0 Å². The van der Waals surface area contributed by atoms with Crippen molar-refractivity contribution in [1.29, 1.82) is 0 Å². The molecule has 3 saturated carbocycles. The number of hydrogen-bond donors (Lipinski definition) is 1. The first-order valence-corrected chi connectivity index (χ1v) is 7.55. The summed E-state index contributed by atoms with van der Waals surface area (Å²) in [5.74, 6) is -0.258. The van der Waals surface area contributed by atoms with Gasteiger partial charge in [-0.1, -0.05) is 27.2 Å². The number of aliphatic hydroxyl groups is 1. The molecular formula is C16H28O2. The van der Waals surface area contributed by atoms with Gasteiger partial charge in [-0.15, -0.1) is 0 Å². The van der Waals surface area contributed by atoms with E-state index in [1.165, 1.54) is 32.1 Å². The van der Waals surface area contributed by atoms with Crippen molar-refractivity contribution < 1.29 is 9.84 Å². The fraction of sp³-hybridized carbons (Fsp3) is 1.00. The molecule has 0 aromatic heterocycles. The quantitative estimate of drug-likeness (QED) is 0.721. The summed E-state index contributed by atoms with van der Waals surface area (Å²) in [5.41, 5.74) is 0.682. The van der Waals surface area contributed by atoms with Crippen LogP contribution in [0.2, 0.25) is 0 Å². The molecule has 3 aliphatic carbocycles. The summed E-state index contributed by atoms with van der Waals surface area (Å²) in [7, 11) is 1.70. The predicted molar refractivity (Wildman–Crippen MR) is 72.1 cm³/mol. The van der Waals surface area contributed by atoms with Gasteiger partial charge in [0.2, 0.25) is 0 Å². The molecule has 4 atom stereocenters. The lowest BCUT2D eigenvalue weighted by molar-refractivity contribution is -0.277. The number of ether oxygens (including phenoxy) is 1. The van der Waals surface area contributed by atoms with E-state index in [4.69, 9.17) is 4.74 Å². The Balaban J connectivity index is 2.08. The minimum absolute atomic E-state index is 0.0243. The van der Waals surface area contributed by atoms with Crippen LogP contribution < -0.4 is 0 Å². The highest BCUT2D eigenvalue weighted by molar-refractivity contribution is 5.15. The zero-order valence-corrected chi connectivity index (χ0v) is 12.4. The van der Waals surface area contributed by atoms with Crippen LogP contribution in [0.3, 0.4) is 0 Å². The standard InChI is InChI=1S/C16H28O2/c1-13(2)10-16(17,18-4)15-8-5-7-14(3,11-15)9-6-12(13)15/h12,17H,5-11H2,1-4H3/t12-,14+,15-,16?/m0/s1. The second-order valence-electron chi connectivity index (χ2n) is 8.24. The Morgan fingerprint density at radius 2 is 1.78 bits per heavy atom. The van der Waals surface area contributed by atoms with Crippen LogP contribution in [0.15, 0.2) is 0 Å². The van der Waals surface area contributed by atoms with Crippen molar-refractivity contribution in [2.24, 2.45) is 22.2 Å². The summed E-state index contributed by atoms with van der Waals surface area (Å²) in [6.45, 7) is 7.08. The number of methoxy groups -OCH3 is 1. The third-order valence-electron chi connectivity index (χ3n) is 6.60. The van der Waals surface area contributed by atoms with Crippen molar-refractivity contribution in [2.45, 2.75) is 71.5 Å².